The second kappa shape index (κ2) is 11.5. The molecule has 0 unspecified atom stereocenters. The summed E-state index contributed by atoms with van der Waals surface area (Å²) in [7, 11) is 0. The number of nitrogens with one attached hydrogen (secondary N) is 1. The number of halogens is 2. The molecule has 0 aromatic carbocycles. The van der Waals surface area contributed by atoms with Crippen molar-refractivity contribution in [2.24, 2.45) is 4.99 Å². The standard InChI is InChI=1S/C18H25ClN6O.HI/c1-2-20-18(21-7-5-15-3-4-17(19)22-13-15)25-10-8-24(9-11-25)14-16-6-12-26-23-16;/h3-4,6,12-13H,2,5,7-11,14H2,1H3,(H,20,21);1H. The fourth-order valence-corrected chi connectivity index (χ4v) is 3.05. The van der Waals surface area contributed by atoms with Gasteiger partial charge in [0.25, 0.3) is 0 Å². The van der Waals surface area contributed by atoms with Crippen molar-refractivity contribution in [2.75, 3.05) is 39.3 Å². The predicted molar refractivity (Wildman–Crippen MR) is 118 cm³/mol. The van der Waals surface area contributed by atoms with Gasteiger partial charge in [-0.1, -0.05) is 22.8 Å². The second-order valence-corrected chi connectivity index (χ2v) is 6.62. The molecule has 0 amide bonds. The number of nitrogens with zero attached hydrogens (tertiary/aromatic N) is 5. The molecule has 1 aliphatic heterocycles. The van der Waals surface area contributed by atoms with E-state index in [4.69, 9.17) is 21.1 Å². The van der Waals surface area contributed by atoms with Crippen LogP contribution in [-0.2, 0) is 13.0 Å². The summed E-state index contributed by atoms with van der Waals surface area (Å²) in [5.74, 6) is 0.982. The van der Waals surface area contributed by atoms with E-state index in [-0.39, 0.29) is 24.0 Å². The fourth-order valence-electron chi connectivity index (χ4n) is 2.94. The zero-order valence-electron chi connectivity index (χ0n) is 15.5. The minimum atomic E-state index is 0. The molecule has 0 atom stereocenters. The molecule has 1 fully saturated rings. The lowest BCUT2D eigenvalue weighted by Gasteiger charge is -2.36. The number of aliphatic imine (C=N–C) groups is 1. The molecule has 0 bridgehead atoms. The quantitative estimate of drug-likeness (QED) is 0.282. The number of guanidine groups is 1. The van der Waals surface area contributed by atoms with E-state index in [2.05, 4.69) is 32.2 Å². The molecular weight excluding hydrogens is 479 g/mol. The van der Waals surface area contributed by atoms with Crippen LogP contribution in [0.1, 0.15) is 18.2 Å². The molecule has 0 saturated carbocycles. The minimum absolute atomic E-state index is 0. The molecule has 3 rings (SSSR count). The van der Waals surface area contributed by atoms with Gasteiger partial charge in [-0.15, -0.1) is 24.0 Å². The number of piperazine rings is 1. The van der Waals surface area contributed by atoms with E-state index in [1.807, 2.05) is 24.4 Å². The van der Waals surface area contributed by atoms with Gasteiger partial charge < -0.3 is 14.7 Å². The molecule has 1 saturated heterocycles. The molecule has 7 nitrogen and oxygen atoms in total. The smallest absolute Gasteiger partial charge is 0.194 e. The number of hydrogen-bond donors (Lipinski definition) is 1. The molecule has 9 heteroatoms. The van der Waals surface area contributed by atoms with Gasteiger partial charge >= 0.3 is 0 Å². The molecule has 0 radical (unpaired) electrons. The van der Waals surface area contributed by atoms with Crippen molar-refractivity contribution in [3.63, 3.8) is 0 Å². The summed E-state index contributed by atoms with van der Waals surface area (Å²) in [6.45, 7) is 8.39. The zero-order valence-corrected chi connectivity index (χ0v) is 18.6. The molecule has 3 heterocycles. The van der Waals surface area contributed by atoms with Crippen LogP contribution in [0.2, 0.25) is 5.15 Å². The van der Waals surface area contributed by atoms with E-state index in [1.54, 1.807) is 6.26 Å². The molecule has 1 N–H and O–H groups in total. The molecule has 2 aromatic heterocycles. The Labute approximate surface area is 182 Å². The van der Waals surface area contributed by atoms with Crippen LogP contribution < -0.4 is 5.32 Å². The molecule has 1 aliphatic rings. The fraction of sp³-hybridized carbons (Fsp3) is 0.500. The third-order valence-electron chi connectivity index (χ3n) is 4.33. The van der Waals surface area contributed by atoms with Gasteiger partial charge in [0.2, 0.25) is 0 Å². The Morgan fingerprint density at radius 2 is 2.07 bits per heavy atom. The van der Waals surface area contributed by atoms with Crippen molar-refractivity contribution >= 4 is 41.5 Å². The molecule has 0 aliphatic carbocycles. The number of rotatable bonds is 6. The highest BCUT2D eigenvalue weighted by Crippen LogP contribution is 2.08. The summed E-state index contributed by atoms with van der Waals surface area (Å²) in [6, 6.07) is 5.74. The highest BCUT2D eigenvalue weighted by molar-refractivity contribution is 14.0. The van der Waals surface area contributed by atoms with Gasteiger partial charge in [0.05, 0.1) is 5.69 Å². The number of pyridine rings is 1. The lowest BCUT2D eigenvalue weighted by Crippen LogP contribution is -2.52. The largest absolute Gasteiger partial charge is 0.364 e. The van der Waals surface area contributed by atoms with E-state index < -0.39 is 0 Å². The maximum absolute atomic E-state index is 5.83. The molecule has 0 spiro atoms. The summed E-state index contributed by atoms with van der Waals surface area (Å²) < 4.78 is 4.91. The van der Waals surface area contributed by atoms with Gasteiger partial charge in [-0.2, -0.15) is 0 Å². The lowest BCUT2D eigenvalue weighted by molar-refractivity contribution is 0.169. The van der Waals surface area contributed by atoms with E-state index >= 15 is 0 Å². The van der Waals surface area contributed by atoms with Gasteiger partial charge in [-0.05, 0) is 25.0 Å². The van der Waals surface area contributed by atoms with Crippen molar-refractivity contribution < 1.29 is 4.52 Å². The predicted octanol–water partition coefficient (Wildman–Crippen LogP) is 2.67. The Morgan fingerprint density at radius 3 is 2.70 bits per heavy atom. The topological polar surface area (TPSA) is 69.8 Å². The highest BCUT2D eigenvalue weighted by atomic mass is 127. The molecular formula is C18H26ClIN6O. The lowest BCUT2D eigenvalue weighted by atomic mass is 10.2. The first-order chi connectivity index (χ1) is 12.7. The zero-order chi connectivity index (χ0) is 18.2. The Hall–Kier alpha value is -1.39. The Balaban J connectivity index is 0.00000261. The first-order valence-electron chi connectivity index (χ1n) is 9.00. The highest BCUT2D eigenvalue weighted by Gasteiger charge is 2.20. The van der Waals surface area contributed by atoms with Crippen LogP contribution in [0.5, 0.6) is 0 Å². The van der Waals surface area contributed by atoms with Gasteiger partial charge in [-0.25, -0.2) is 4.98 Å². The maximum Gasteiger partial charge on any atom is 0.194 e. The molecule has 148 valence electrons. The van der Waals surface area contributed by atoms with Crippen LogP contribution in [0.3, 0.4) is 0 Å². The third kappa shape index (κ3) is 6.93. The van der Waals surface area contributed by atoms with Crippen molar-refractivity contribution in [1.29, 1.82) is 0 Å². The summed E-state index contributed by atoms with van der Waals surface area (Å²) in [6.07, 6.45) is 4.29. The van der Waals surface area contributed by atoms with Crippen LogP contribution >= 0.6 is 35.6 Å². The molecule has 2 aromatic rings. The Bertz CT molecular complexity index is 686. The maximum atomic E-state index is 5.83. The van der Waals surface area contributed by atoms with Crippen LogP contribution in [-0.4, -0.2) is 65.2 Å². The average molecular weight is 505 g/mol. The third-order valence-corrected chi connectivity index (χ3v) is 4.56. The Morgan fingerprint density at radius 1 is 1.26 bits per heavy atom. The number of aromatic nitrogens is 2. The monoisotopic (exact) mass is 504 g/mol. The van der Waals surface area contributed by atoms with Crippen molar-refractivity contribution in [3.8, 4) is 0 Å². The van der Waals surface area contributed by atoms with E-state index in [9.17, 15) is 0 Å². The summed E-state index contributed by atoms with van der Waals surface area (Å²) in [4.78, 5) is 13.6. The average Bonchev–Trinajstić information content (AvgIpc) is 3.16. The van der Waals surface area contributed by atoms with Crippen LogP contribution in [0.4, 0.5) is 0 Å². The van der Waals surface area contributed by atoms with Crippen molar-refractivity contribution in [3.05, 3.63) is 47.1 Å². The van der Waals surface area contributed by atoms with E-state index in [0.29, 0.717) is 5.15 Å². The van der Waals surface area contributed by atoms with Gasteiger partial charge in [0.1, 0.15) is 11.4 Å². The number of hydrogen-bond acceptors (Lipinski definition) is 5. The first-order valence-corrected chi connectivity index (χ1v) is 9.37. The van der Waals surface area contributed by atoms with Crippen molar-refractivity contribution in [1.82, 2.24) is 25.3 Å². The molecule has 27 heavy (non-hydrogen) atoms. The summed E-state index contributed by atoms with van der Waals surface area (Å²) in [5.41, 5.74) is 2.13. The van der Waals surface area contributed by atoms with Crippen molar-refractivity contribution in [2.45, 2.75) is 19.9 Å². The Kier molecular flexibility index (Phi) is 9.29. The van der Waals surface area contributed by atoms with E-state index in [0.717, 1.165) is 69.5 Å². The summed E-state index contributed by atoms with van der Waals surface area (Å²) in [5, 5.41) is 7.91. The second-order valence-electron chi connectivity index (χ2n) is 6.23. The SMILES string of the molecule is CCNC(=NCCc1ccc(Cl)nc1)N1CCN(Cc2ccon2)CC1.I. The van der Waals surface area contributed by atoms with Crippen LogP contribution in [0.25, 0.3) is 0 Å². The van der Waals surface area contributed by atoms with Crippen LogP contribution in [0.15, 0.2) is 40.2 Å². The first kappa shape index (κ1) is 21.9. The summed E-state index contributed by atoms with van der Waals surface area (Å²) >= 11 is 5.83. The normalized spacial score (nSPS) is 15.5. The van der Waals surface area contributed by atoms with Gasteiger partial charge in [0.15, 0.2) is 5.96 Å². The van der Waals surface area contributed by atoms with Crippen LogP contribution in [0, 0.1) is 0 Å². The minimum Gasteiger partial charge on any atom is -0.364 e. The van der Waals surface area contributed by atoms with Gasteiger partial charge in [-0.3, -0.25) is 9.89 Å². The van der Waals surface area contributed by atoms with E-state index in [1.165, 1.54) is 0 Å². The van der Waals surface area contributed by atoms with Gasteiger partial charge in [0, 0.05) is 58.1 Å².